The zero-order valence-electron chi connectivity index (χ0n) is 24.2. The maximum Gasteiger partial charge on any atom is 0.253 e. The van der Waals surface area contributed by atoms with Crippen molar-refractivity contribution >= 4 is 29.1 Å². The largest absolute Gasteiger partial charge is 0.497 e. The summed E-state index contributed by atoms with van der Waals surface area (Å²) in [5.74, 6) is -2.00. The molecule has 1 spiro atoms. The molecule has 2 fully saturated rings. The zero-order valence-corrected chi connectivity index (χ0v) is 24.2. The Labute approximate surface area is 246 Å². The van der Waals surface area contributed by atoms with E-state index in [1.807, 2.05) is 80.6 Å². The maximum absolute atomic E-state index is 14.6. The highest BCUT2D eigenvalue weighted by Crippen LogP contribution is 2.59. The summed E-state index contributed by atoms with van der Waals surface area (Å²) in [5.41, 5.74) is -1.08. The van der Waals surface area contributed by atoms with Gasteiger partial charge in [-0.2, -0.15) is 0 Å². The fourth-order valence-corrected chi connectivity index (χ4v) is 7.34. The number of carbonyl (C=O) groups excluding carboxylic acids is 3. The third-order valence-electron chi connectivity index (χ3n) is 9.40. The summed E-state index contributed by atoms with van der Waals surface area (Å²) in [6, 6.07) is 14.9. The third kappa shape index (κ3) is 4.01. The Bertz CT molecular complexity index is 1420. The number of amides is 3. The number of ether oxygens (including phenoxy) is 2. The van der Waals surface area contributed by atoms with Crippen LogP contribution >= 0.6 is 0 Å². The topological polar surface area (TPSA) is 99.6 Å². The predicted octanol–water partition coefficient (Wildman–Crippen LogP) is 3.33. The van der Waals surface area contributed by atoms with Gasteiger partial charge in [-0.05, 0) is 49.2 Å². The summed E-state index contributed by atoms with van der Waals surface area (Å²) < 4.78 is 12.3. The van der Waals surface area contributed by atoms with E-state index >= 15 is 0 Å². The number of carbonyl (C=O) groups is 3. The molecular formula is C33H37N3O6. The van der Waals surface area contributed by atoms with Crippen LogP contribution in [0.4, 0.5) is 11.4 Å². The molecule has 2 aromatic rings. The highest BCUT2D eigenvalue weighted by atomic mass is 16.5. The van der Waals surface area contributed by atoms with Crippen LogP contribution in [0.3, 0.4) is 0 Å². The van der Waals surface area contributed by atoms with Gasteiger partial charge in [-0.25, -0.2) is 0 Å². The molecule has 4 heterocycles. The van der Waals surface area contributed by atoms with Crippen LogP contribution < -0.4 is 14.5 Å². The number of aliphatic hydroxyl groups is 1. The molecule has 0 bridgehead atoms. The van der Waals surface area contributed by atoms with Crippen molar-refractivity contribution < 1.29 is 29.0 Å². The molecule has 220 valence electrons. The van der Waals surface area contributed by atoms with Gasteiger partial charge in [0.15, 0.2) is 0 Å². The SMILES string of the molecule is CC[C@@H](CO)N1C(=O)[C@@H]2[C@H]3C(=O)N(c4ccccc4)CC=C[C@@]3(CC)O[C@@]23C=CCN(c2ccc(OC)cc2)C(=O)C13. The van der Waals surface area contributed by atoms with Crippen molar-refractivity contribution in [1.82, 2.24) is 4.90 Å². The normalized spacial score (nSPS) is 31.0. The lowest BCUT2D eigenvalue weighted by Gasteiger charge is -2.40. The average molecular weight is 572 g/mol. The number of likely N-dealkylation sites (tertiary alicyclic amines) is 1. The second-order valence-electron chi connectivity index (χ2n) is 11.3. The minimum Gasteiger partial charge on any atom is -0.497 e. The maximum atomic E-state index is 14.6. The standard InChI is InChI=1S/C33H37N3O6/c1-4-22(21-37)36-28-31(40)35(24-13-15-25(41-3)16-14-24)20-10-18-33(28)27(30(36)39)26-29(38)34(23-11-7-6-8-12-23)19-9-17-32(26,5-2)42-33/h6-18,22,26-28,37H,4-5,19-21H2,1-3H3/t22-,26-,27-,28?,32+,33-/m0/s1. The Kier molecular flexibility index (Phi) is 7.19. The van der Waals surface area contributed by atoms with Crippen LogP contribution in [0.2, 0.25) is 0 Å². The van der Waals surface area contributed by atoms with Crippen molar-refractivity contribution in [1.29, 1.82) is 0 Å². The van der Waals surface area contributed by atoms with Crippen molar-refractivity contribution in [3.63, 3.8) is 0 Å². The van der Waals surface area contributed by atoms with Crippen molar-refractivity contribution in [2.75, 3.05) is 36.6 Å². The molecule has 3 amide bonds. The van der Waals surface area contributed by atoms with Gasteiger partial charge in [-0.3, -0.25) is 14.4 Å². The molecule has 9 nitrogen and oxygen atoms in total. The first-order valence-corrected chi connectivity index (χ1v) is 14.7. The molecule has 1 N–H and O–H groups in total. The number of nitrogens with zero attached hydrogens (tertiary/aromatic N) is 3. The van der Waals surface area contributed by atoms with E-state index in [0.717, 1.165) is 5.69 Å². The molecule has 6 rings (SSSR count). The number of rotatable bonds is 7. The second kappa shape index (κ2) is 10.7. The van der Waals surface area contributed by atoms with E-state index in [9.17, 15) is 19.5 Å². The molecule has 4 aliphatic rings. The Balaban J connectivity index is 1.50. The summed E-state index contributed by atoms with van der Waals surface area (Å²) >= 11 is 0. The number of benzene rings is 2. The molecular weight excluding hydrogens is 534 g/mol. The second-order valence-corrected chi connectivity index (χ2v) is 11.3. The van der Waals surface area contributed by atoms with Gasteiger partial charge in [0.25, 0.3) is 5.91 Å². The lowest BCUT2D eigenvalue weighted by atomic mass is 9.73. The molecule has 9 heteroatoms. The monoisotopic (exact) mass is 571 g/mol. The van der Waals surface area contributed by atoms with Crippen LogP contribution in [0.15, 0.2) is 78.9 Å². The fourth-order valence-electron chi connectivity index (χ4n) is 7.34. The van der Waals surface area contributed by atoms with Gasteiger partial charge in [0.1, 0.15) is 17.4 Å². The Morgan fingerprint density at radius 3 is 2.14 bits per heavy atom. The van der Waals surface area contributed by atoms with E-state index in [0.29, 0.717) is 30.8 Å². The molecule has 0 radical (unpaired) electrons. The van der Waals surface area contributed by atoms with Crippen molar-refractivity contribution in [2.45, 2.75) is 50.0 Å². The fraction of sp³-hybridized carbons (Fsp3) is 0.424. The number of aliphatic hydroxyl groups excluding tert-OH is 1. The van der Waals surface area contributed by atoms with Crippen molar-refractivity contribution in [2.24, 2.45) is 11.8 Å². The van der Waals surface area contributed by atoms with Crippen LogP contribution in [0.1, 0.15) is 26.7 Å². The number of hydrogen-bond donors (Lipinski definition) is 1. The van der Waals surface area contributed by atoms with E-state index in [-0.39, 0.29) is 30.9 Å². The Morgan fingerprint density at radius 1 is 0.881 bits per heavy atom. The summed E-state index contributed by atoms with van der Waals surface area (Å²) in [6.45, 7) is 4.13. The number of fused-ring (bicyclic) bond motifs is 2. The first-order chi connectivity index (χ1) is 20.4. The van der Waals surface area contributed by atoms with E-state index < -0.39 is 35.1 Å². The molecule has 0 saturated carbocycles. The predicted molar refractivity (Wildman–Crippen MR) is 158 cm³/mol. The molecule has 0 aliphatic carbocycles. The minimum atomic E-state index is -1.39. The van der Waals surface area contributed by atoms with Gasteiger partial charge in [-0.15, -0.1) is 0 Å². The Hall–Kier alpha value is -3.95. The molecule has 2 saturated heterocycles. The number of para-hydroxylation sites is 1. The van der Waals surface area contributed by atoms with Crippen molar-refractivity contribution in [3.05, 3.63) is 78.9 Å². The van der Waals surface area contributed by atoms with E-state index in [2.05, 4.69) is 0 Å². The van der Waals surface area contributed by atoms with Gasteiger partial charge >= 0.3 is 0 Å². The zero-order chi connectivity index (χ0) is 29.6. The average Bonchev–Trinajstić information content (AvgIpc) is 3.31. The number of anilines is 2. The number of methoxy groups -OCH3 is 1. The van der Waals surface area contributed by atoms with Crippen LogP contribution in [-0.4, -0.2) is 77.8 Å². The van der Waals surface area contributed by atoms with Gasteiger partial charge < -0.3 is 29.3 Å². The van der Waals surface area contributed by atoms with Crippen LogP contribution in [0, 0.1) is 11.8 Å². The molecule has 4 aliphatic heterocycles. The summed E-state index contributed by atoms with van der Waals surface area (Å²) in [4.78, 5) is 48.6. The van der Waals surface area contributed by atoms with Gasteiger partial charge in [-0.1, -0.05) is 56.4 Å². The lowest BCUT2D eigenvalue weighted by Crippen LogP contribution is -2.59. The van der Waals surface area contributed by atoms with Gasteiger partial charge in [0.05, 0.1) is 37.2 Å². The summed E-state index contributed by atoms with van der Waals surface area (Å²) in [5, 5.41) is 10.4. The first kappa shape index (κ1) is 28.2. The van der Waals surface area contributed by atoms with Crippen LogP contribution in [0.5, 0.6) is 5.75 Å². The van der Waals surface area contributed by atoms with E-state index in [1.54, 1.807) is 29.0 Å². The highest BCUT2D eigenvalue weighted by Gasteiger charge is 2.76. The smallest absolute Gasteiger partial charge is 0.253 e. The third-order valence-corrected chi connectivity index (χ3v) is 9.40. The van der Waals surface area contributed by atoms with Gasteiger partial charge in [0.2, 0.25) is 11.8 Å². The lowest BCUT2D eigenvalue weighted by molar-refractivity contribution is -0.149. The summed E-state index contributed by atoms with van der Waals surface area (Å²) in [6.07, 6.45) is 8.44. The molecule has 6 atom stereocenters. The Morgan fingerprint density at radius 2 is 1.52 bits per heavy atom. The molecule has 1 unspecified atom stereocenters. The summed E-state index contributed by atoms with van der Waals surface area (Å²) in [7, 11) is 1.58. The van der Waals surface area contributed by atoms with Crippen LogP contribution in [0.25, 0.3) is 0 Å². The number of hydrogen-bond acceptors (Lipinski definition) is 6. The van der Waals surface area contributed by atoms with E-state index in [1.165, 1.54) is 4.90 Å². The molecule has 2 aromatic carbocycles. The quantitative estimate of drug-likeness (QED) is 0.512. The van der Waals surface area contributed by atoms with Gasteiger partial charge in [0, 0.05) is 24.5 Å². The minimum absolute atomic E-state index is 0.210. The molecule has 42 heavy (non-hydrogen) atoms. The highest BCUT2D eigenvalue weighted by molar-refractivity contribution is 6.07. The first-order valence-electron chi connectivity index (χ1n) is 14.7. The molecule has 0 aromatic heterocycles. The van der Waals surface area contributed by atoms with E-state index in [4.69, 9.17) is 9.47 Å². The van der Waals surface area contributed by atoms with Crippen molar-refractivity contribution in [3.8, 4) is 5.75 Å². The van der Waals surface area contributed by atoms with Crippen LogP contribution in [-0.2, 0) is 19.1 Å².